The van der Waals surface area contributed by atoms with Gasteiger partial charge in [0, 0.05) is 10.9 Å². The summed E-state index contributed by atoms with van der Waals surface area (Å²) in [5.41, 5.74) is 3.10. The molecule has 2 nitrogen and oxygen atoms in total. The smallest absolute Gasteiger partial charge is 0.0840 e. The monoisotopic (exact) mass is 263 g/mol. The van der Waals surface area contributed by atoms with Crippen LogP contribution in [0.1, 0.15) is 19.4 Å². The van der Waals surface area contributed by atoms with Crippen LogP contribution in [0, 0.1) is 0 Å². The molecule has 3 aromatic rings. The molecule has 0 aliphatic rings. The van der Waals surface area contributed by atoms with Crippen LogP contribution in [-0.2, 0) is 5.60 Å². The average Bonchev–Trinajstić information content (AvgIpc) is 2.46. The number of benzene rings is 2. The van der Waals surface area contributed by atoms with Gasteiger partial charge in [-0.2, -0.15) is 0 Å². The molecule has 0 unspecified atom stereocenters. The molecule has 2 heteroatoms. The van der Waals surface area contributed by atoms with Crippen molar-refractivity contribution in [1.29, 1.82) is 0 Å². The topological polar surface area (TPSA) is 33.1 Å². The van der Waals surface area contributed by atoms with Crippen LogP contribution >= 0.6 is 0 Å². The molecule has 0 bridgehead atoms. The van der Waals surface area contributed by atoms with Crippen LogP contribution in [0.3, 0.4) is 0 Å². The molecule has 1 aromatic heterocycles. The van der Waals surface area contributed by atoms with Gasteiger partial charge in [-0.25, -0.2) is 4.98 Å². The number of nitrogens with zero attached hydrogens (tertiary/aromatic N) is 1. The van der Waals surface area contributed by atoms with Gasteiger partial charge in [-0.1, -0.05) is 42.5 Å². The van der Waals surface area contributed by atoms with Crippen LogP contribution in [0.2, 0.25) is 0 Å². The van der Waals surface area contributed by atoms with E-state index in [0.717, 1.165) is 27.7 Å². The summed E-state index contributed by atoms with van der Waals surface area (Å²) in [6, 6.07) is 20.1. The van der Waals surface area contributed by atoms with Gasteiger partial charge in [-0.15, -0.1) is 0 Å². The summed E-state index contributed by atoms with van der Waals surface area (Å²) < 4.78 is 0. The first-order valence-electron chi connectivity index (χ1n) is 6.73. The minimum Gasteiger partial charge on any atom is -0.386 e. The fraction of sp³-hybridized carbons (Fsp3) is 0.167. The van der Waals surface area contributed by atoms with Crippen molar-refractivity contribution in [3.8, 4) is 11.3 Å². The Labute approximate surface area is 118 Å². The predicted molar refractivity (Wildman–Crippen MR) is 82.4 cm³/mol. The Bertz CT molecular complexity index is 742. The molecule has 0 amide bonds. The van der Waals surface area contributed by atoms with Crippen LogP contribution in [-0.4, -0.2) is 10.1 Å². The lowest BCUT2D eigenvalue weighted by Gasteiger charge is -2.18. The highest BCUT2D eigenvalue weighted by atomic mass is 16.3. The number of aromatic nitrogens is 1. The first-order chi connectivity index (χ1) is 9.54. The lowest BCUT2D eigenvalue weighted by molar-refractivity contribution is 0.0787. The summed E-state index contributed by atoms with van der Waals surface area (Å²) in [6.07, 6.45) is 0. The lowest BCUT2D eigenvalue weighted by atomic mass is 9.96. The van der Waals surface area contributed by atoms with Gasteiger partial charge in [0.05, 0.1) is 16.8 Å². The maximum atomic E-state index is 10.1. The van der Waals surface area contributed by atoms with E-state index in [1.54, 1.807) is 13.8 Å². The van der Waals surface area contributed by atoms with Crippen molar-refractivity contribution >= 4 is 10.9 Å². The van der Waals surface area contributed by atoms with E-state index in [1.165, 1.54) is 0 Å². The Hall–Kier alpha value is -2.19. The van der Waals surface area contributed by atoms with Crippen molar-refractivity contribution in [3.05, 3.63) is 66.2 Å². The number of fused-ring (bicyclic) bond motifs is 1. The molecule has 2 aromatic carbocycles. The lowest BCUT2D eigenvalue weighted by Crippen LogP contribution is -2.15. The third kappa shape index (κ3) is 2.43. The van der Waals surface area contributed by atoms with Gasteiger partial charge >= 0.3 is 0 Å². The zero-order valence-corrected chi connectivity index (χ0v) is 11.7. The standard InChI is InChI=1S/C18H17NO/c1-18(2,20)15-9-11-17-14(12-15)8-10-16(19-17)13-6-4-3-5-7-13/h3-12,20H,1-2H3. The highest BCUT2D eigenvalue weighted by Crippen LogP contribution is 2.25. The summed E-state index contributed by atoms with van der Waals surface area (Å²) >= 11 is 0. The first-order valence-corrected chi connectivity index (χ1v) is 6.73. The van der Waals surface area contributed by atoms with E-state index in [2.05, 4.69) is 23.2 Å². The Morgan fingerprint density at radius 3 is 2.35 bits per heavy atom. The van der Waals surface area contributed by atoms with Crippen LogP contribution in [0.25, 0.3) is 22.2 Å². The number of aliphatic hydroxyl groups is 1. The summed E-state index contributed by atoms with van der Waals surface area (Å²) in [6.45, 7) is 3.58. The molecule has 0 fully saturated rings. The Morgan fingerprint density at radius 1 is 0.900 bits per heavy atom. The Balaban J connectivity index is 2.10. The van der Waals surface area contributed by atoms with Gasteiger partial charge in [-0.05, 0) is 37.6 Å². The molecule has 1 heterocycles. The highest BCUT2D eigenvalue weighted by molar-refractivity contribution is 5.82. The van der Waals surface area contributed by atoms with Crippen LogP contribution in [0.5, 0.6) is 0 Å². The van der Waals surface area contributed by atoms with E-state index in [0.29, 0.717) is 0 Å². The maximum Gasteiger partial charge on any atom is 0.0840 e. The second-order valence-electron chi connectivity index (χ2n) is 5.53. The molecule has 0 radical (unpaired) electrons. The van der Waals surface area contributed by atoms with Crippen molar-refractivity contribution in [2.75, 3.05) is 0 Å². The van der Waals surface area contributed by atoms with E-state index in [1.807, 2.05) is 42.5 Å². The molecule has 3 rings (SSSR count). The normalized spacial score (nSPS) is 11.8. The molecule has 0 aliphatic carbocycles. The average molecular weight is 263 g/mol. The summed E-state index contributed by atoms with van der Waals surface area (Å²) in [7, 11) is 0. The SMILES string of the molecule is CC(C)(O)c1ccc2nc(-c3ccccc3)ccc2c1. The molecule has 20 heavy (non-hydrogen) atoms. The Kier molecular flexibility index (Phi) is 3.03. The van der Waals surface area contributed by atoms with E-state index >= 15 is 0 Å². The minimum atomic E-state index is -0.827. The summed E-state index contributed by atoms with van der Waals surface area (Å²) in [5.74, 6) is 0. The van der Waals surface area contributed by atoms with Crippen molar-refractivity contribution in [1.82, 2.24) is 4.98 Å². The van der Waals surface area contributed by atoms with E-state index in [4.69, 9.17) is 0 Å². The van der Waals surface area contributed by atoms with Gasteiger partial charge in [0.15, 0.2) is 0 Å². The maximum absolute atomic E-state index is 10.1. The fourth-order valence-electron chi connectivity index (χ4n) is 2.28. The third-order valence-corrected chi connectivity index (χ3v) is 3.47. The quantitative estimate of drug-likeness (QED) is 0.754. The van der Waals surface area contributed by atoms with Gasteiger partial charge in [0.1, 0.15) is 0 Å². The van der Waals surface area contributed by atoms with Crippen molar-refractivity contribution in [3.63, 3.8) is 0 Å². The zero-order chi connectivity index (χ0) is 14.2. The van der Waals surface area contributed by atoms with Crippen molar-refractivity contribution < 1.29 is 5.11 Å². The molecular weight excluding hydrogens is 246 g/mol. The van der Waals surface area contributed by atoms with E-state index in [-0.39, 0.29) is 0 Å². The van der Waals surface area contributed by atoms with Crippen molar-refractivity contribution in [2.45, 2.75) is 19.4 Å². The first kappa shape index (κ1) is 12.8. The van der Waals surface area contributed by atoms with Gasteiger partial charge in [-0.3, -0.25) is 0 Å². The fourth-order valence-corrected chi connectivity index (χ4v) is 2.28. The van der Waals surface area contributed by atoms with E-state index < -0.39 is 5.60 Å². The van der Waals surface area contributed by atoms with Crippen LogP contribution < -0.4 is 0 Å². The molecule has 0 saturated carbocycles. The summed E-state index contributed by atoms with van der Waals surface area (Å²) in [4.78, 5) is 4.69. The second-order valence-corrected chi connectivity index (χ2v) is 5.53. The number of hydrogen-bond acceptors (Lipinski definition) is 2. The molecule has 1 N–H and O–H groups in total. The molecule has 0 atom stereocenters. The van der Waals surface area contributed by atoms with Crippen LogP contribution in [0.4, 0.5) is 0 Å². The highest BCUT2D eigenvalue weighted by Gasteiger charge is 2.16. The zero-order valence-electron chi connectivity index (χ0n) is 11.7. The molecule has 0 saturated heterocycles. The Morgan fingerprint density at radius 2 is 1.65 bits per heavy atom. The molecular formula is C18H17NO. The van der Waals surface area contributed by atoms with E-state index in [9.17, 15) is 5.11 Å². The van der Waals surface area contributed by atoms with Crippen molar-refractivity contribution in [2.24, 2.45) is 0 Å². The third-order valence-electron chi connectivity index (χ3n) is 3.47. The second kappa shape index (κ2) is 4.73. The molecule has 0 aliphatic heterocycles. The largest absolute Gasteiger partial charge is 0.386 e. The number of pyridine rings is 1. The predicted octanol–water partition coefficient (Wildman–Crippen LogP) is 4.13. The summed E-state index contributed by atoms with van der Waals surface area (Å²) in [5, 5.41) is 11.1. The van der Waals surface area contributed by atoms with Gasteiger partial charge in [0.2, 0.25) is 0 Å². The molecule has 0 spiro atoms. The van der Waals surface area contributed by atoms with Gasteiger partial charge in [0.25, 0.3) is 0 Å². The minimum absolute atomic E-state index is 0.827. The molecule has 100 valence electrons. The number of rotatable bonds is 2. The number of hydrogen-bond donors (Lipinski definition) is 1. The van der Waals surface area contributed by atoms with Crippen LogP contribution in [0.15, 0.2) is 60.7 Å². The van der Waals surface area contributed by atoms with Gasteiger partial charge < -0.3 is 5.11 Å².